The van der Waals surface area contributed by atoms with Crippen molar-refractivity contribution in [3.63, 3.8) is 0 Å². The van der Waals surface area contributed by atoms with Crippen molar-refractivity contribution < 1.29 is 4.39 Å². The van der Waals surface area contributed by atoms with Gasteiger partial charge in [-0.1, -0.05) is 38.3 Å². The maximum Gasteiger partial charge on any atom is 0.128 e. The van der Waals surface area contributed by atoms with Crippen molar-refractivity contribution in [1.82, 2.24) is 0 Å². The van der Waals surface area contributed by atoms with Gasteiger partial charge in [0.1, 0.15) is 5.82 Å². The van der Waals surface area contributed by atoms with Crippen molar-refractivity contribution in [2.75, 3.05) is 0 Å². The van der Waals surface area contributed by atoms with Gasteiger partial charge in [-0.15, -0.1) is 12.4 Å². The molecule has 0 spiro atoms. The molecule has 1 rings (SSSR count). The molecular weight excluding hydrogens is 225 g/mol. The topological polar surface area (TPSA) is 26.0 Å². The SMILES string of the molecule is CCCCC[C@@H](N)c1ccc(C)cc1F.Cl. The van der Waals surface area contributed by atoms with Crippen molar-refractivity contribution >= 4 is 12.4 Å². The van der Waals surface area contributed by atoms with Crippen LogP contribution in [0.4, 0.5) is 4.39 Å². The van der Waals surface area contributed by atoms with E-state index in [2.05, 4.69) is 6.92 Å². The van der Waals surface area contributed by atoms with Gasteiger partial charge in [0.2, 0.25) is 0 Å². The molecule has 0 amide bonds. The summed E-state index contributed by atoms with van der Waals surface area (Å²) in [5, 5.41) is 0. The largest absolute Gasteiger partial charge is 0.324 e. The molecule has 1 atom stereocenters. The minimum Gasteiger partial charge on any atom is -0.324 e. The summed E-state index contributed by atoms with van der Waals surface area (Å²) < 4.78 is 13.5. The van der Waals surface area contributed by atoms with Gasteiger partial charge >= 0.3 is 0 Å². The number of rotatable bonds is 5. The minimum absolute atomic E-state index is 0. The highest BCUT2D eigenvalue weighted by Gasteiger charge is 2.10. The van der Waals surface area contributed by atoms with Crippen LogP contribution in [-0.4, -0.2) is 0 Å². The highest BCUT2D eigenvalue weighted by molar-refractivity contribution is 5.85. The first-order valence-corrected chi connectivity index (χ1v) is 5.66. The molecule has 1 aromatic carbocycles. The number of unbranched alkanes of at least 4 members (excludes halogenated alkanes) is 2. The molecular formula is C13H21ClFN. The first kappa shape index (κ1) is 15.4. The number of nitrogens with two attached hydrogens (primary N) is 1. The van der Waals surface area contributed by atoms with Crippen LogP contribution >= 0.6 is 12.4 Å². The van der Waals surface area contributed by atoms with Gasteiger partial charge < -0.3 is 5.73 Å². The predicted molar refractivity (Wildman–Crippen MR) is 69.5 cm³/mol. The summed E-state index contributed by atoms with van der Waals surface area (Å²) in [6.07, 6.45) is 4.28. The smallest absolute Gasteiger partial charge is 0.128 e. The number of halogens is 2. The van der Waals surface area contributed by atoms with Crippen LogP contribution in [0.5, 0.6) is 0 Å². The minimum atomic E-state index is -0.168. The highest BCUT2D eigenvalue weighted by Crippen LogP contribution is 2.21. The average Bonchev–Trinajstić information content (AvgIpc) is 2.17. The van der Waals surface area contributed by atoms with E-state index in [4.69, 9.17) is 5.73 Å². The molecule has 0 aliphatic rings. The lowest BCUT2D eigenvalue weighted by Crippen LogP contribution is -2.12. The van der Waals surface area contributed by atoms with Gasteiger partial charge in [-0.25, -0.2) is 4.39 Å². The van der Waals surface area contributed by atoms with E-state index in [1.165, 1.54) is 12.8 Å². The number of hydrogen-bond donors (Lipinski definition) is 1. The Labute approximate surface area is 104 Å². The van der Waals surface area contributed by atoms with Gasteiger partial charge in [-0.2, -0.15) is 0 Å². The zero-order chi connectivity index (χ0) is 11.3. The molecule has 0 unspecified atom stereocenters. The lowest BCUT2D eigenvalue weighted by Gasteiger charge is -2.12. The van der Waals surface area contributed by atoms with Crippen molar-refractivity contribution in [1.29, 1.82) is 0 Å². The third-order valence-electron chi connectivity index (χ3n) is 2.67. The number of benzene rings is 1. The van der Waals surface area contributed by atoms with Crippen LogP contribution in [0.1, 0.15) is 49.8 Å². The Kier molecular flexibility index (Phi) is 7.35. The Morgan fingerprint density at radius 1 is 1.31 bits per heavy atom. The van der Waals surface area contributed by atoms with Crippen LogP contribution in [0.25, 0.3) is 0 Å². The maximum atomic E-state index is 13.5. The molecule has 0 fully saturated rings. The van der Waals surface area contributed by atoms with E-state index in [0.717, 1.165) is 18.4 Å². The molecule has 0 saturated heterocycles. The monoisotopic (exact) mass is 245 g/mol. The summed E-state index contributed by atoms with van der Waals surface area (Å²) in [4.78, 5) is 0. The van der Waals surface area contributed by atoms with Gasteiger partial charge in [0.05, 0.1) is 0 Å². The normalized spacial score (nSPS) is 12.0. The Hall–Kier alpha value is -0.600. The summed E-state index contributed by atoms with van der Waals surface area (Å²) in [6, 6.07) is 5.12. The Morgan fingerprint density at radius 2 is 2.00 bits per heavy atom. The van der Waals surface area contributed by atoms with Crippen LogP contribution in [0, 0.1) is 12.7 Å². The summed E-state index contributed by atoms with van der Waals surface area (Å²) in [7, 11) is 0. The summed E-state index contributed by atoms with van der Waals surface area (Å²) >= 11 is 0. The fraction of sp³-hybridized carbons (Fsp3) is 0.538. The molecule has 3 heteroatoms. The van der Waals surface area contributed by atoms with Crippen LogP contribution in [-0.2, 0) is 0 Å². The maximum absolute atomic E-state index is 13.5. The Balaban J connectivity index is 0.00000225. The van der Waals surface area contributed by atoms with Gasteiger partial charge in [0.25, 0.3) is 0 Å². The fourth-order valence-corrected chi connectivity index (χ4v) is 1.70. The fourth-order valence-electron chi connectivity index (χ4n) is 1.70. The molecule has 2 N–H and O–H groups in total. The average molecular weight is 246 g/mol. The van der Waals surface area contributed by atoms with Crippen LogP contribution in [0.2, 0.25) is 0 Å². The Bertz CT molecular complexity index is 315. The standard InChI is InChI=1S/C13H20FN.ClH/c1-3-4-5-6-13(15)11-8-7-10(2)9-12(11)14;/h7-9,13H,3-6,15H2,1-2H3;1H/t13-;/m1./s1. The second-order valence-electron chi connectivity index (χ2n) is 4.13. The first-order valence-electron chi connectivity index (χ1n) is 5.66. The zero-order valence-electron chi connectivity index (χ0n) is 10.0. The van der Waals surface area contributed by atoms with E-state index in [1.807, 2.05) is 13.0 Å². The van der Waals surface area contributed by atoms with Gasteiger partial charge in [0.15, 0.2) is 0 Å². The third-order valence-corrected chi connectivity index (χ3v) is 2.67. The highest BCUT2D eigenvalue weighted by atomic mass is 35.5. The van der Waals surface area contributed by atoms with Crippen LogP contribution in [0.3, 0.4) is 0 Å². The summed E-state index contributed by atoms with van der Waals surface area (Å²) in [6.45, 7) is 4.04. The van der Waals surface area contributed by atoms with E-state index in [1.54, 1.807) is 12.1 Å². The second kappa shape index (κ2) is 7.64. The van der Waals surface area contributed by atoms with Gasteiger partial charge in [-0.3, -0.25) is 0 Å². The van der Waals surface area contributed by atoms with Crippen molar-refractivity contribution in [2.24, 2.45) is 5.73 Å². The molecule has 1 aromatic rings. The molecule has 0 aromatic heterocycles. The molecule has 0 saturated carbocycles. The molecule has 1 nitrogen and oxygen atoms in total. The molecule has 0 aliphatic carbocycles. The molecule has 0 aliphatic heterocycles. The third kappa shape index (κ3) is 4.50. The number of aryl methyl sites for hydroxylation is 1. The lowest BCUT2D eigenvalue weighted by molar-refractivity contribution is 0.538. The molecule has 0 bridgehead atoms. The van der Waals surface area contributed by atoms with Crippen molar-refractivity contribution in [3.05, 3.63) is 35.1 Å². The van der Waals surface area contributed by atoms with E-state index in [0.29, 0.717) is 5.56 Å². The summed E-state index contributed by atoms with van der Waals surface area (Å²) in [5.41, 5.74) is 7.54. The van der Waals surface area contributed by atoms with E-state index >= 15 is 0 Å². The molecule has 0 radical (unpaired) electrons. The van der Waals surface area contributed by atoms with E-state index in [-0.39, 0.29) is 24.3 Å². The van der Waals surface area contributed by atoms with E-state index < -0.39 is 0 Å². The van der Waals surface area contributed by atoms with Gasteiger partial charge in [-0.05, 0) is 25.0 Å². The quantitative estimate of drug-likeness (QED) is 0.776. The van der Waals surface area contributed by atoms with Crippen LogP contribution in [0.15, 0.2) is 18.2 Å². The zero-order valence-corrected chi connectivity index (χ0v) is 10.8. The first-order chi connectivity index (χ1) is 7.15. The van der Waals surface area contributed by atoms with Crippen molar-refractivity contribution in [2.45, 2.75) is 45.6 Å². The van der Waals surface area contributed by atoms with Crippen LogP contribution < -0.4 is 5.73 Å². The van der Waals surface area contributed by atoms with E-state index in [9.17, 15) is 4.39 Å². The Morgan fingerprint density at radius 3 is 2.56 bits per heavy atom. The van der Waals surface area contributed by atoms with Crippen molar-refractivity contribution in [3.8, 4) is 0 Å². The van der Waals surface area contributed by atoms with Gasteiger partial charge in [0, 0.05) is 11.6 Å². The number of hydrogen-bond acceptors (Lipinski definition) is 1. The lowest BCUT2D eigenvalue weighted by atomic mass is 10.00. The predicted octanol–water partition coefficient (Wildman–Crippen LogP) is 4.14. The second-order valence-corrected chi connectivity index (χ2v) is 4.13. The summed E-state index contributed by atoms with van der Waals surface area (Å²) in [5.74, 6) is -0.168. The molecule has 0 heterocycles. The molecule has 92 valence electrons. The molecule has 16 heavy (non-hydrogen) atoms.